The van der Waals surface area contributed by atoms with Crippen LogP contribution in [-0.2, 0) is 66.4 Å². The van der Waals surface area contributed by atoms with Gasteiger partial charge in [-0.25, -0.2) is 9.59 Å². The molecular weight excluding hydrogens is 957 g/mol. The Bertz CT molecular complexity index is 1780. The summed E-state index contributed by atoms with van der Waals surface area (Å²) in [5.74, 6) is -6.94. The van der Waals surface area contributed by atoms with Crippen LogP contribution in [-0.4, -0.2) is 146 Å². The number of hydrogen-bond acceptors (Lipinski definition) is 17. The number of carbonyl (C=O) groups excluding carboxylic acids is 2. The van der Waals surface area contributed by atoms with Gasteiger partial charge in [0.25, 0.3) is 0 Å². The summed E-state index contributed by atoms with van der Waals surface area (Å²) in [5, 5.41) is 32.5. The van der Waals surface area contributed by atoms with E-state index >= 15 is 0 Å². The Morgan fingerprint density at radius 2 is 0.959 bits per heavy atom. The van der Waals surface area contributed by atoms with Gasteiger partial charge < -0.3 is 72.2 Å². The Kier molecular flexibility index (Phi) is 26.3. The monoisotopic (exact) mass is 1050 g/mol. The lowest BCUT2D eigenvalue weighted by atomic mass is 9.81. The molecule has 0 aromatic heterocycles. The van der Waals surface area contributed by atoms with Gasteiger partial charge >= 0.3 is 11.9 Å². The van der Waals surface area contributed by atoms with Gasteiger partial charge in [-0.1, -0.05) is 76.3 Å². The highest BCUT2D eigenvalue weighted by Crippen LogP contribution is 2.51. The summed E-state index contributed by atoms with van der Waals surface area (Å²) in [5.41, 5.74) is 0. The summed E-state index contributed by atoms with van der Waals surface area (Å²) in [6.07, 6.45) is 19.4. The number of carbonyl (C=O) groups is 2. The second kappa shape index (κ2) is 30.5. The molecule has 4 heterocycles. The maximum Gasteiger partial charge on any atom is 0.341 e. The van der Waals surface area contributed by atoms with Crippen molar-refractivity contribution in [2.24, 2.45) is 23.7 Å². The lowest BCUT2D eigenvalue weighted by Gasteiger charge is -2.46. The summed E-state index contributed by atoms with van der Waals surface area (Å²) in [6, 6.07) is 0. The van der Waals surface area contributed by atoms with E-state index in [0.29, 0.717) is 64.2 Å². The average Bonchev–Trinajstić information content (AvgIpc) is 3.79. The molecule has 5 unspecified atom stereocenters. The maximum absolute atomic E-state index is 14.0. The average molecular weight is 1050 g/mol. The van der Waals surface area contributed by atoms with Gasteiger partial charge in [-0.05, 0) is 131 Å². The van der Waals surface area contributed by atoms with Crippen LogP contribution in [0.4, 0.5) is 0 Å². The van der Waals surface area contributed by atoms with E-state index in [0.717, 1.165) is 25.7 Å². The molecule has 74 heavy (non-hydrogen) atoms. The first-order chi connectivity index (χ1) is 35.0. The minimum Gasteiger partial charge on any atom is -0.467 e. The second-order valence-electron chi connectivity index (χ2n) is 22.1. The molecule has 4 fully saturated rings. The minimum atomic E-state index is -1.40. The number of aliphatic hydroxyl groups is 3. The van der Waals surface area contributed by atoms with Crippen LogP contribution in [0.25, 0.3) is 0 Å². The van der Waals surface area contributed by atoms with Gasteiger partial charge in [0.05, 0.1) is 55.9 Å². The summed E-state index contributed by atoms with van der Waals surface area (Å²) in [6.45, 7) is 18.8. The molecule has 4 rings (SSSR count). The van der Waals surface area contributed by atoms with Crippen molar-refractivity contribution in [3.8, 4) is 0 Å². The van der Waals surface area contributed by atoms with Crippen molar-refractivity contribution in [1.29, 1.82) is 0 Å². The molecule has 4 aliphatic heterocycles. The highest BCUT2D eigenvalue weighted by Gasteiger charge is 2.65. The van der Waals surface area contributed by atoms with Crippen molar-refractivity contribution >= 4 is 11.9 Å². The molecule has 0 aromatic carbocycles. The molecule has 17 heteroatoms. The smallest absolute Gasteiger partial charge is 0.341 e. The van der Waals surface area contributed by atoms with Gasteiger partial charge in [0, 0.05) is 37.9 Å². The van der Waals surface area contributed by atoms with E-state index in [4.69, 9.17) is 56.8 Å². The Morgan fingerprint density at radius 1 is 0.568 bits per heavy atom. The molecular formula is C57H96O17. The van der Waals surface area contributed by atoms with Crippen LogP contribution >= 0.6 is 0 Å². The lowest BCUT2D eigenvalue weighted by molar-refractivity contribution is -0.322. The predicted octanol–water partition coefficient (Wildman–Crippen LogP) is 8.90. The summed E-state index contributed by atoms with van der Waals surface area (Å²) in [4.78, 5) is 26.8. The van der Waals surface area contributed by atoms with Crippen molar-refractivity contribution < 1.29 is 81.8 Å². The van der Waals surface area contributed by atoms with Crippen LogP contribution in [0.1, 0.15) is 159 Å². The summed E-state index contributed by atoms with van der Waals surface area (Å²) < 4.78 is 72.0. The molecule has 16 atom stereocenters. The van der Waals surface area contributed by atoms with E-state index in [1.807, 2.05) is 77.2 Å². The minimum absolute atomic E-state index is 0.0905. The molecule has 3 N–H and O–H groups in total. The number of allylic oxidation sites excluding steroid dienone is 8. The van der Waals surface area contributed by atoms with Gasteiger partial charge in [-0.3, -0.25) is 0 Å². The van der Waals surface area contributed by atoms with Crippen molar-refractivity contribution in [3.63, 3.8) is 0 Å². The first kappa shape index (κ1) is 63.9. The van der Waals surface area contributed by atoms with Gasteiger partial charge in [0.2, 0.25) is 23.8 Å². The number of ether oxygens (including phenoxy) is 12. The largest absolute Gasteiger partial charge is 0.467 e. The fourth-order valence-corrected chi connectivity index (χ4v) is 10.5. The molecule has 0 aromatic rings. The lowest BCUT2D eigenvalue weighted by Crippen LogP contribution is -2.58. The van der Waals surface area contributed by atoms with Crippen LogP contribution in [0, 0.1) is 23.7 Å². The molecule has 426 valence electrons. The molecule has 17 nitrogen and oxygen atoms in total. The topological polar surface area (TPSA) is 206 Å². The first-order valence-electron chi connectivity index (χ1n) is 27.3. The molecule has 4 aliphatic rings. The molecule has 0 aliphatic carbocycles. The number of esters is 2. The van der Waals surface area contributed by atoms with Crippen LogP contribution in [0.3, 0.4) is 0 Å². The van der Waals surface area contributed by atoms with Crippen molar-refractivity contribution in [3.05, 3.63) is 48.6 Å². The Balaban J connectivity index is 1.25. The standard InChI is InChI=1S/C57H96O17/c1-38-30-32-48(69-56(38)50(52(61)65-13)71-54(7,8)73-56)42(5)46(59)34-45(67-37-64-12)29-25-21-17-15-19-23-27-41(4)68-53(62)51-57(74-55(9,10)72-51)39(2)31-33-49(70-57)43(6)47(60)35-44(66-36-63-11)28-24-20-16-14-18-22-26-40(3)58/h14-21,38-51,58-60H,22-37H2,1-13H3/b18-14-,19-15-,20-16+,21-17+/t38-,39?,40+,41+,42-,43-,44+,45+,46?,47?,48+,49+,50?,51?,56+,57+/m1/s1. The van der Waals surface area contributed by atoms with Crippen LogP contribution in [0.15, 0.2) is 48.6 Å². The summed E-state index contributed by atoms with van der Waals surface area (Å²) in [7, 11) is 4.46. The number of rotatable bonds is 31. The highest BCUT2D eigenvalue weighted by atomic mass is 16.9. The molecule has 0 radical (unpaired) electrons. The van der Waals surface area contributed by atoms with E-state index in [9.17, 15) is 24.9 Å². The Morgan fingerprint density at radius 3 is 1.35 bits per heavy atom. The first-order valence-corrected chi connectivity index (χ1v) is 27.3. The third-order valence-electron chi connectivity index (χ3n) is 14.9. The van der Waals surface area contributed by atoms with E-state index in [2.05, 4.69) is 6.08 Å². The predicted molar refractivity (Wildman–Crippen MR) is 278 cm³/mol. The number of aliphatic hydroxyl groups excluding tert-OH is 3. The molecule has 0 saturated carbocycles. The van der Waals surface area contributed by atoms with Crippen molar-refractivity contribution in [1.82, 2.24) is 0 Å². The normalized spacial score (nSPS) is 31.4. The van der Waals surface area contributed by atoms with Gasteiger partial charge in [0.15, 0.2) is 11.6 Å². The van der Waals surface area contributed by atoms with Gasteiger partial charge in [0.1, 0.15) is 13.6 Å². The Hall–Kier alpha value is -2.62. The van der Waals surface area contributed by atoms with Crippen molar-refractivity contribution in [2.75, 3.05) is 34.9 Å². The highest BCUT2D eigenvalue weighted by molar-refractivity contribution is 5.77. The van der Waals surface area contributed by atoms with Crippen LogP contribution in [0.2, 0.25) is 0 Å². The van der Waals surface area contributed by atoms with E-state index in [1.165, 1.54) is 7.11 Å². The number of hydrogen-bond donors (Lipinski definition) is 3. The van der Waals surface area contributed by atoms with E-state index < -0.39 is 77.8 Å². The maximum atomic E-state index is 14.0. The third kappa shape index (κ3) is 18.8. The zero-order chi connectivity index (χ0) is 54.7. The quantitative estimate of drug-likeness (QED) is 0.0337. The fourth-order valence-electron chi connectivity index (χ4n) is 10.5. The summed E-state index contributed by atoms with van der Waals surface area (Å²) >= 11 is 0. The SMILES string of the molecule is COCO[C@@H](CC/C=C/C=C\CC[C@H](C)O)CC(O)[C@@H](C)[C@@H]1CCC(C)[C@]2(O1)OC(C)(C)OC2C(=O)O[C@@H](C)CC/C=C\C=C\CC[C@@H](CC(O)[C@@H](C)[C@@H]1CC[C@@H](C)[C@]2(O1)OC(C)(C)OC2C(=O)OC)OCOC. The zero-order valence-electron chi connectivity index (χ0n) is 47.1. The van der Waals surface area contributed by atoms with Gasteiger partial charge in [-0.15, -0.1) is 0 Å². The van der Waals surface area contributed by atoms with Crippen LogP contribution in [0.5, 0.6) is 0 Å². The Labute approximate surface area is 442 Å². The molecule has 0 amide bonds. The molecule has 2 spiro atoms. The van der Waals surface area contributed by atoms with Gasteiger partial charge in [-0.2, -0.15) is 0 Å². The zero-order valence-corrected chi connectivity index (χ0v) is 47.1. The molecule has 0 bridgehead atoms. The number of methoxy groups -OCH3 is 3. The molecule has 4 saturated heterocycles. The third-order valence-corrected chi connectivity index (χ3v) is 14.9. The fraction of sp³-hybridized carbons (Fsp3) is 0.825. The second-order valence-corrected chi connectivity index (χ2v) is 22.1. The van der Waals surface area contributed by atoms with Crippen molar-refractivity contribution in [2.45, 2.75) is 243 Å². The van der Waals surface area contributed by atoms with E-state index in [1.54, 1.807) is 48.8 Å². The van der Waals surface area contributed by atoms with Crippen LogP contribution < -0.4 is 0 Å². The van der Waals surface area contributed by atoms with E-state index in [-0.39, 0.29) is 55.6 Å².